The Kier molecular flexibility index (Phi) is 5.84. The number of nitrogens with zero attached hydrogens (tertiary/aromatic N) is 4. The molecule has 0 spiro atoms. The van der Waals surface area contributed by atoms with E-state index in [0.29, 0.717) is 11.4 Å². The lowest BCUT2D eigenvalue weighted by Crippen LogP contribution is -2.52. The van der Waals surface area contributed by atoms with Crippen LogP contribution < -0.4 is 20.5 Å². The molecule has 0 aliphatic carbocycles. The fraction of sp³-hybridized carbons (Fsp3) is 0.125. The monoisotopic (exact) mass is 619 g/mol. The number of para-hydroxylation sites is 3. The molecular weight excluding hydrogens is 581 g/mol. The number of fused-ring (bicyclic) bond motifs is 4. The fourth-order valence-electron chi connectivity index (χ4n) is 6.92. The minimum Gasteiger partial charge on any atom is -0.294 e. The average Bonchev–Trinajstić information content (AvgIpc) is 3.65. The highest BCUT2D eigenvalue weighted by atomic mass is 28.3. The van der Waals surface area contributed by atoms with Gasteiger partial charge < -0.3 is 0 Å². The van der Waals surface area contributed by atoms with E-state index >= 15 is 0 Å². The van der Waals surface area contributed by atoms with Crippen LogP contribution in [0.25, 0.3) is 38.8 Å². The van der Waals surface area contributed by atoms with Gasteiger partial charge in [-0.3, -0.25) is 4.57 Å². The van der Waals surface area contributed by atoms with Crippen LogP contribution in [0.4, 0.5) is 17.1 Å². The summed E-state index contributed by atoms with van der Waals surface area (Å²) in [6, 6.07) is 41.8. The Labute approximate surface area is 275 Å². The summed E-state index contributed by atoms with van der Waals surface area (Å²) < 4.78 is 26.4. The Hall–Kier alpha value is -5.17. The summed E-state index contributed by atoms with van der Waals surface area (Å²) in [6.07, 6.45) is 1.91. The van der Waals surface area contributed by atoms with E-state index in [1.165, 1.54) is 37.8 Å². The van der Waals surface area contributed by atoms with E-state index in [2.05, 4.69) is 116 Å². The Bertz CT molecular complexity index is 2380. The highest BCUT2D eigenvalue weighted by molar-refractivity contribution is 7.00. The lowest BCUT2D eigenvalue weighted by atomic mass is 9.96. The standard InChI is InChI=1S/C40H36N4OSi/c1-27-12-10-13-28(2)40(27)29-22-23-41-39(24-29)43-35-17-7-6-16-33(35)34-21-20-32(26-38(34)43)46(4,5)31-15-11-14-30(25-31)44-37-19-9-8-18-36(37)42(3)45-44/h6-26H,1-5H3/i3D3. The lowest BCUT2D eigenvalue weighted by molar-refractivity contribution is 0.142. The second-order valence-corrected chi connectivity index (χ2v) is 17.0. The predicted octanol–water partition coefficient (Wildman–Crippen LogP) is 8.72. The van der Waals surface area contributed by atoms with Crippen LogP contribution in [0.15, 0.2) is 128 Å². The maximum Gasteiger partial charge on any atom is 0.138 e. The van der Waals surface area contributed by atoms with E-state index < -0.39 is 15.0 Å². The Balaban J connectivity index is 1.24. The first-order valence-corrected chi connectivity index (χ1v) is 18.6. The van der Waals surface area contributed by atoms with Gasteiger partial charge in [0.05, 0.1) is 28.1 Å². The van der Waals surface area contributed by atoms with Crippen LogP contribution in [0.2, 0.25) is 13.1 Å². The normalized spacial score (nSPS) is 14.4. The van der Waals surface area contributed by atoms with Crippen LogP contribution in [-0.2, 0) is 4.94 Å². The maximum absolute atomic E-state index is 8.03. The molecule has 0 saturated carbocycles. The van der Waals surface area contributed by atoms with Crippen molar-refractivity contribution in [3.05, 3.63) is 139 Å². The van der Waals surface area contributed by atoms with Gasteiger partial charge in [0, 0.05) is 28.1 Å². The van der Waals surface area contributed by atoms with Crippen LogP contribution in [-0.4, -0.2) is 24.6 Å². The zero-order valence-corrected chi connectivity index (χ0v) is 27.3. The Morgan fingerprint density at radius 3 is 2.22 bits per heavy atom. The summed E-state index contributed by atoms with van der Waals surface area (Å²) in [5, 5.41) is 7.48. The lowest BCUT2D eigenvalue weighted by Gasteiger charge is -2.26. The van der Waals surface area contributed by atoms with Crippen molar-refractivity contribution in [2.45, 2.75) is 26.9 Å². The van der Waals surface area contributed by atoms with Crippen LogP contribution in [0.1, 0.15) is 15.2 Å². The number of pyridine rings is 1. The molecule has 0 bridgehead atoms. The van der Waals surface area contributed by atoms with Crippen molar-refractivity contribution in [1.29, 1.82) is 0 Å². The Morgan fingerprint density at radius 1 is 0.674 bits per heavy atom. The molecule has 1 aliphatic rings. The predicted molar refractivity (Wildman–Crippen MR) is 195 cm³/mol. The number of hydroxylamine groups is 1. The number of rotatable bonds is 5. The molecule has 0 atom stereocenters. The Morgan fingerprint density at radius 2 is 1.39 bits per heavy atom. The topological polar surface area (TPSA) is 33.5 Å². The zero-order chi connectivity index (χ0) is 34.1. The van der Waals surface area contributed by atoms with Crippen LogP contribution >= 0.6 is 0 Å². The molecule has 5 nitrogen and oxygen atoms in total. The first-order chi connectivity index (χ1) is 23.5. The van der Waals surface area contributed by atoms with Gasteiger partial charge >= 0.3 is 0 Å². The molecule has 8 rings (SSSR count). The molecular formula is C40H36N4OSi. The second kappa shape index (κ2) is 10.7. The molecule has 0 N–H and O–H groups in total. The molecule has 7 aromatic rings. The molecule has 6 heteroatoms. The molecule has 0 radical (unpaired) electrons. The average molecular weight is 620 g/mol. The van der Waals surface area contributed by atoms with Crippen molar-refractivity contribution in [3.8, 4) is 16.9 Å². The van der Waals surface area contributed by atoms with Crippen molar-refractivity contribution >= 4 is 57.3 Å². The van der Waals surface area contributed by atoms with Crippen molar-refractivity contribution < 1.29 is 9.05 Å². The van der Waals surface area contributed by atoms with Crippen molar-refractivity contribution in [2.75, 3.05) is 17.1 Å². The second-order valence-electron chi connectivity index (χ2n) is 12.6. The largest absolute Gasteiger partial charge is 0.294 e. The van der Waals surface area contributed by atoms with Gasteiger partial charge in [0.2, 0.25) is 0 Å². The summed E-state index contributed by atoms with van der Waals surface area (Å²) in [6.45, 7) is 6.59. The number of hydrogen-bond acceptors (Lipinski definition) is 4. The van der Waals surface area contributed by atoms with E-state index in [4.69, 9.17) is 14.0 Å². The number of aromatic nitrogens is 2. The number of hydrogen-bond donors (Lipinski definition) is 0. The highest BCUT2D eigenvalue weighted by Gasteiger charge is 2.30. The third-order valence-electron chi connectivity index (χ3n) is 9.42. The first-order valence-electron chi connectivity index (χ1n) is 17.1. The van der Waals surface area contributed by atoms with Crippen molar-refractivity contribution in [2.24, 2.45) is 0 Å². The van der Waals surface area contributed by atoms with E-state index in [1.54, 1.807) is 11.1 Å². The third kappa shape index (κ3) is 4.44. The quantitative estimate of drug-likeness (QED) is 0.181. The van der Waals surface area contributed by atoms with E-state index in [1.807, 2.05) is 36.5 Å². The van der Waals surface area contributed by atoms with Gasteiger partial charge in [-0.25, -0.2) is 10.0 Å². The van der Waals surface area contributed by atoms with Crippen LogP contribution in [0.5, 0.6) is 0 Å². The van der Waals surface area contributed by atoms with Gasteiger partial charge in [0.1, 0.15) is 13.9 Å². The van der Waals surface area contributed by atoms with Gasteiger partial charge in [-0.2, -0.15) is 5.06 Å². The third-order valence-corrected chi connectivity index (χ3v) is 12.9. The summed E-state index contributed by atoms with van der Waals surface area (Å²) in [5.74, 6) is 0.883. The summed E-state index contributed by atoms with van der Waals surface area (Å²) >= 11 is 0. The maximum atomic E-state index is 8.03. The van der Waals surface area contributed by atoms with Gasteiger partial charge in [-0.15, -0.1) is 4.94 Å². The van der Waals surface area contributed by atoms with Crippen molar-refractivity contribution in [1.82, 2.24) is 9.55 Å². The molecule has 46 heavy (non-hydrogen) atoms. The summed E-state index contributed by atoms with van der Waals surface area (Å²) in [4.78, 5) is 10.9. The SMILES string of the molecule is [2H]C([2H])([2H])N1ON(c2cccc([Si](C)(C)c3ccc4c5ccccc5n(-c5cc(-c6c(C)cccc6C)ccn5)c4c3)c2)c2ccccc21. The van der Waals surface area contributed by atoms with Gasteiger partial charge in [-0.1, -0.05) is 96.3 Å². The smallest absolute Gasteiger partial charge is 0.138 e. The first kappa shape index (κ1) is 25.1. The molecule has 0 unspecified atom stereocenters. The van der Waals surface area contributed by atoms with Crippen molar-refractivity contribution in [3.63, 3.8) is 0 Å². The molecule has 0 fully saturated rings. The van der Waals surface area contributed by atoms with Gasteiger partial charge in [0.25, 0.3) is 0 Å². The molecule has 5 aromatic carbocycles. The molecule has 0 saturated heterocycles. The number of anilines is 3. The molecule has 226 valence electrons. The molecule has 2 aromatic heterocycles. The highest BCUT2D eigenvalue weighted by Crippen LogP contribution is 2.40. The minimum absolute atomic E-state index is 0.512. The molecule has 0 amide bonds. The van der Waals surface area contributed by atoms with Gasteiger partial charge in [0.15, 0.2) is 0 Å². The van der Waals surface area contributed by atoms with Gasteiger partial charge in [-0.05, 0) is 84.6 Å². The molecule has 3 heterocycles. The van der Waals surface area contributed by atoms with Crippen LogP contribution in [0, 0.1) is 13.8 Å². The summed E-state index contributed by atoms with van der Waals surface area (Å²) in [7, 11) is -2.29. The van der Waals surface area contributed by atoms with Crippen LogP contribution in [0.3, 0.4) is 0 Å². The fourth-order valence-corrected chi connectivity index (χ4v) is 9.28. The van der Waals surface area contributed by atoms with E-state index in [0.717, 1.165) is 33.2 Å². The van der Waals surface area contributed by atoms with E-state index in [9.17, 15) is 0 Å². The summed E-state index contributed by atoms with van der Waals surface area (Å²) in [5.41, 5.74) is 9.09. The minimum atomic E-state index is -2.45. The molecule has 1 aliphatic heterocycles. The zero-order valence-electron chi connectivity index (χ0n) is 29.3. The number of benzene rings is 5. The van der Waals surface area contributed by atoms with E-state index in [-0.39, 0.29) is 0 Å². The number of aryl methyl sites for hydroxylation is 2.